The smallest absolute Gasteiger partial charge is 0.273 e. The van der Waals surface area contributed by atoms with Gasteiger partial charge in [-0.2, -0.15) is 11.3 Å². The van der Waals surface area contributed by atoms with Crippen LogP contribution in [0.15, 0.2) is 12.1 Å². The Morgan fingerprint density at radius 2 is 2.42 bits per heavy atom. The van der Waals surface area contributed by atoms with Gasteiger partial charge in [0.05, 0.1) is 0 Å². The Morgan fingerprint density at radius 1 is 1.58 bits per heavy atom. The van der Waals surface area contributed by atoms with E-state index in [-0.39, 0.29) is 0 Å². The van der Waals surface area contributed by atoms with Crippen molar-refractivity contribution in [1.29, 1.82) is 0 Å². The minimum absolute atomic E-state index is 0.310. The van der Waals surface area contributed by atoms with Crippen LogP contribution in [0.3, 0.4) is 0 Å². The van der Waals surface area contributed by atoms with Gasteiger partial charge in [0.1, 0.15) is 0 Å². The van der Waals surface area contributed by atoms with Crippen molar-refractivity contribution in [3.05, 3.63) is 17.0 Å². The number of hydrogen-bond donors (Lipinski definition) is 1. The third-order valence-corrected chi connectivity index (χ3v) is 2.59. The van der Waals surface area contributed by atoms with Crippen molar-refractivity contribution >= 4 is 23.6 Å². The Balaban J connectivity index is 2.41. The standard InChI is InChI=1S/C7H11BO3S/c1-2-3-6-4-5-7(12-6)8-10-11-9/h4-5,8-9H,2-3H2,1H3. The van der Waals surface area contributed by atoms with Crippen LogP contribution in [0.25, 0.3) is 0 Å². The average molecular weight is 186 g/mol. The van der Waals surface area contributed by atoms with Crippen molar-refractivity contribution in [3.63, 3.8) is 0 Å². The van der Waals surface area contributed by atoms with E-state index >= 15 is 0 Å². The number of hydrogen-bond acceptors (Lipinski definition) is 4. The highest BCUT2D eigenvalue weighted by Gasteiger charge is 2.02. The van der Waals surface area contributed by atoms with E-state index in [9.17, 15) is 0 Å². The van der Waals surface area contributed by atoms with Crippen molar-refractivity contribution < 1.29 is 15.1 Å². The summed E-state index contributed by atoms with van der Waals surface area (Å²) in [6, 6.07) is 4.05. The zero-order valence-electron chi connectivity index (χ0n) is 6.95. The Morgan fingerprint density at radius 3 is 3.08 bits per heavy atom. The predicted molar refractivity (Wildman–Crippen MR) is 49.9 cm³/mol. The molecule has 0 fully saturated rings. The van der Waals surface area contributed by atoms with Crippen LogP contribution >= 0.6 is 11.3 Å². The number of rotatable bonds is 5. The molecule has 0 saturated heterocycles. The third kappa shape index (κ3) is 2.94. The van der Waals surface area contributed by atoms with Gasteiger partial charge >= 0.3 is 7.48 Å². The molecule has 0 unspecified atom stereocenters. The highest BCUT2D eigenvalue weighted by Crippen LogP contribution is 2.08. The Kier molecular flexibility index (Phi) is 4.31. The van der Waals surface area contributed by atoms with E-state index in [1.54, 1.807) is 11.3 Å². The van der Waals surface area contributed by atoms with Gasteiger partial charge in [0.2, 0.25) is 0 Å². The van der Waals surface area contributed by atoms with Crippen molar-refractivity contribution in [3.8, 4) is 0 Å². The van der Waals surface area contributed by atoms with Gasteiger partial charge in [-0.3, -0.25) is 4.81 Å². The third-order valence-electron chi connectivity index (χ3n) is 1.47. The van der Waals surface area contributed by atoms with Crippen molar-refractivity contribution in [2.24, 2.45) is 0 Å². The molecule has 0 aliphatic rings. The molecule has 0 atom stereocenters. The lowest BCUT2D eigenvalue weighted by Gasteiger charge is -1.91. The lowest BCUT2D eigenvalue weighted by atomic mass is 10.0. The van der Waals surface area contributed by atoms with Gasteiger partial charge in [0.25, 0.3) is 0 Å². The van der Waals surface area contributed by atoms with E-state index in [4.69, 9.17) is 5.26 Å². The summed E-state index contributed by atoms with van der Waals surface area (Å²) in [5, 5.41) is 11.4. The minimum Gasteiger partial charge on any atom is -0.273 e. The summed E-state index contributed by atoms with van der Waals surface area (Å²) < 4.78 is 1.06. The summed E-state index contributed by atoms with van der Waals surface area (Å²) in [4.78, 5) is 5.72. The quantitative estimate of drug-likeness (QED) is 0.425. The van der Waals surface area contributed by atoms with Gasteiger partial charge in [0.15, 0.2) is 0 Å². The molecule has 3 nitrogen and oxygen atoms in total. The summed E-state index contributed by atoms with van der Waals surface area (Å²) in [5.41, 5.74) is 0. The first-order valence-electron chi connectivity index (χ1n) is 3.87. The van der Waals surface area contributed by atoms with E-state index in [1.165, 1.54) is 4.88 Å². The molecule has 1 aromatic rings. The van der Waals surface area contributed by atoms with Crippen LogP contribution in [-0.2, 0) is 16.3 Å². The Hall–Kier alpha value is -0.355. The topological polar surface area (TPSA) is 38.7 Å². The molecular formula is C7H11BO3S. The van der Waals surface area contributed by atoms with Crippen LogP contribution in [0.4, 0.5) is 0 Å². The fraction of sp³-hybridized carbons (Fsp3) is 0.429. The molecule has 1 rings (SSSR count). The van der Waals surface area contributed by atoms with Crippen LogP contribution in [0.5, 0.6) is 0 Å². The van der Waals surface area contributed by atoms with Crippen molar-refractivity contribution in [2.75, 3.05) is 0 Å². The zero-order valence-corrected chi connectivity index (χ0v) is 7.76. The van der Waals surface area contributed by atoms with Crippen molar-refractivity contribution in [2.45, 2.75) is 19.8 Å². The first-order chi connectivity index (χ1) is 5.86. The molecule has 0 aromatic carbocycles. The normalized spacial score (nSPS) is 10.2. The maximum Gasteiger partial charge on any atom is 0.370 e. The molecule has 1 heterocycles. The van der Waals surface area contributed by atoms with Gasteiger partial charge in [-0.05, 0) is 12.5 Å². The fourth-order valence-corrected chi connectivity index (χ4v) is 1.99. The summed E-state index contributed by atoms with van der Waals surface area (Å²) in [5.74, 6) is 0. The summed E-state index contributed by atoms with van der Waals surface area (Å²) in [6.07, 6.45) is 2.25. The number of thiophene rings is 1. The van der Waals surface area contributed by atoms with Crippen LogP contribution < -0.4 is 4.78 Å². The lowest BCUT2D eigenvalue weighted by Crippen LogP contribution is -2.12. The van der Waals surface area contributed by atoms with Gasteiger partial charge in [-0.1, -0.05) is 24.4 Å². The Labute approximate surface area is 76.1 Å². The summed E-state index contributed by atoms with van der Waals surface area (Å²) >= 11 is 1.68. The monoisotopic (exact) mass is 186 g/mol. The molecule has 1 N–H and O–H groups in total. The summed E-state index contributed by atoms with van der Waals surface area (Å²) in [7, 11) is 0.310. The maximum atomic E-state index is 7.92. The molecule has 0 amide bonds. The largest absolute Gasteiger partial charge is 0.370 e. The molecule has 1 aromatic heterocycles. The van der Waals surface area contributed by atoms with Crippen LogP contribution in [0.2, 0.25) is 0 Å². The molecule has 66 valence electrons. The van der Waals surface area contributed by atoms with Gasteiger partial charge < -0.3 is 0 Å². The van der Waals surface area contributed by atoms with E-state index in [1.807, 2.05) is 6.07 Å². The van der Waals surface area contributed by atoms with Gasteiger partial charge in [-0.25, -0.2) is 5.26 Å². The second kappa shape index (κ2) is 5.32. The number of aryl methyl sites for hydroxylation is 1. The highest BCUT2D eigenvalue weighted by molar-refractivity contribution is 7.21. The molecule has 0 aliphatic heterocycles. The molecule has 12 heavy (non-hydrogen) atoms. The molecule has 5 heteroatoms. The SMILES string of the molecule is CCCc1ccc(BOOO)s1. The fourth-order valence-electron chi connectivity index (χ4n) is 0.965. The molecule has 0 bridgehead atoms. The van der Waals surface area contributed by atoms with Crippen molar-refractivity contribution in [1.82, 2.24) is 0 Å². The zero-order chi connectivity index (χ0) is 8.81. The van der Waals surface area contributed by atoms with E-state index in [2.05, 4.69) is 22.8 Å². The first-order valence-corrected chi connectivity index (χ1v) is 4.69. The van der Waals surface area contributed by atoms with E-state index in [0.29, 0.717) is 7.48 Å². The van der Waals surface area contributed by atoms with Crippen LogP contribution in [0.1, 0.15) is 18.2 Å². The molecule has 0 saturated carbocycles. The average Bonchev–Trinajstić information content (AvgIpc) is 2.50. The highest BCUT2D eigenvalue weighted by atomic mass is 32.1. The second-order valence-electron chi connectivity index (χ2n) is 2.45. The minimum atomic E-state index is 0.310. The lowest BCUT2D eigenvalue weighted by molar-refractivity contribution is -0.441. The Bertz CT molecular complexity index is 226. The molecule has 0 radical (unpaired) electrons. The van der Waals surface area contributed by atoms with Crippen LogP contribution in [-0.4, -0.2) is 12.7 Å². The molecular weight excluding hydrogens is 175 g/mol. The maximum absolute atomic E-state index is 7.92. The molecule has 0 aliphatic carbocycles. The molecule has 0 spiro atoms. The van der Waals surface area contributed by atoms with Crippen LogP contribution in [0, 0.1) is 0 Å². The van der Waals surface area contributed by atoms with Gasteiger partial charge in [0, 0.05) is 9.65 Å². The second-order valence-corrected chi connectivity index (χ2v) is 3.71. The van der Waals surface area contributed by atoms with E-state index < -0.39 is 0 Å². The first kappa shape index (κ1) is 9.73. The van der Waals surface area contributed by atoms with Gasteiger partial charge in [-0.15, -0.1) is 0 Å². The summed E-state index contributed by atoms with van der Waals surface area (Å²) in [6.45, 7) is 2.15. The predicted octanol–water partition coefficient (Wildman–Crippen LogP) is 1.10. The van der Waals surface area contributed by atoms with E-state index in [0.717, 1.165) is 17.6 Å².